The lowest BCUT2D eigenvalue weighted by molar-refractivity contribution is -0.147. The number of pyridine rings is 1. The van der Waals surface area contributed by atoms with E-state index in [-0.39, 0.29) is 12.5 Å². The van der Waals surface area contributed by atoms with Crippen molar-refractivity contribution < 1.29 is 19.8 Å². The Kier molecular flexibility index (Phi) is 6.51. The number of aliphatic hydroxyl groups excluding tert-OH is 1. The molecule has 0 radical (unpaired) electrons. The van der Waals surface area contributed by atoms with E-state index in [9.17, 15) is 19.8 Å². The molecule has 166 valence electrons. The van der Waals surface area contributed by atoms with E-state index >= 15 is 0 Å². The first kappa shape index (κ1) is 22.0. The quantitative estimate of drug-likeness (QED) is 0.534. The summed E-state index contributed by atoms with van der Waals surface area (Å²) in [6.45, 7) is 1.88. The van der Waals surface area contributed by atoms with E-state index in [0.29, 0.717) is 24.9 Å². The number of hydrogen-bond acceptors (Lipinski definition) is 4. The van der Waals surface area contributed by atoms with Crippen molar-refractivity contribution in [2.45, 2.75) is 45.6 Å². The first-order valence-corrected chi connectivity index (χ1v) is 11.1. The number of para-hydroxylation sites is 1. The van der Waals surface area contributed by atoms with Gasteiger partial charge in [-0.3, -0.25) is 14.6 Å². The van der Waals surface area contributed by atoms with Crippen LogP contribution >= 0.6 is 0 Å². The zero-order valence-corrected chi connectivity index (χ0v) is 18.2. The smallest absolute Gasteiger partial charge is 0.307 e. The van der Waals surface area contributed by atoms with Crippen molar-refractivity contribution in [1.82, 2.24) is 4.98 Å². The number of carbonyl (C=O) groups is 2. The van der Waals surface area contributed by atoms with Gasteiger partial charge in [-0.05, 0) is 61.1 Å². The van der Waals surface area contributed by atoms with Crippen LogP contribution in [-0.4, -0.2) is 27.1 Å². The van der Waals surface area contributed by atoms with Gasteiger partial charge >= 0.3 is 5.97 Å². The third-order valence-electron chi connectivity index (χ3n) is 6.32. The van der Waals surface area contributed by atoms with Crippen molar-refractivity contribution in [2.24, 2.45) is 11.8 Å². The molecular weight excluding hydrogens is 404 g/mol. The highest BCUT2D eigenvalue weighted by molar-refractivity contribution is 5.95. The molecule has 1 saturated carbocycles. The zero-order valence-electron chi connectivity index (χ0n) is 18.2. The number of amides is 1. The van der Waals surface area contributed by atoms with E-state index in [4.69, 9.17) is 4.98 Å². The number of carboxylic acids is 1. The monoisotopic (exact) mass is 432 g/mol. The van der Waals surface area contributed by atoms with Crippen LogP contribution in [0.5, 0.6) is 0 Å². The van der Waals surface area contributed by atoms with Gasteiger partial charge in [0.1, 0.15) is 0 Å². The Balaban J connectivity index is 1.56. The Labute approximate surface area is 187 Å². The topological polar surface area (TPSA) is 99.5 Å². The van der Waals surface area contributed by atoms with Gasteiger partial charge in [-0.15, -0.1) is 0 Å². The number of hydrogen-bond donors (Lipinski definition) is 3. The summed E-state index contributed by atoms with van der Waals surface area (Å²) in [7, 11) is 0. The fraction of sp³-hybridized carbons (Fsp3) is 0.346. The van der Waals surface area contributed by atoms with Gasteiger partial charge in [0.15, 0.2) is 0 Å². The lowest BCUT2D eigenvalue weighted by Gasteiger charge is -2.27. The Morgan fingerprint density at radius 3 is 2.53 bits per heavy atom. The summed E-state index contributed by atoms with van der Waals surface area (Å²) in [4.78, 5) is 29.1. The fourth-order valence-corrected chi connectivity index (χ4v) is 4.75. The van der Waals surface area contributed by atoms with Crippen LogP contribution in [0.4, 0.5) is 5.69 Å². The molecule has 2 atom stereocenters. The van der Waals surface area contributed by atoms with Gasteiger partial charge in [0.2, 0.25) is 5.91 Å². The molecule has 1 heterocycles. The molecule has 1 fully saturated rings. The number of aliphatic carboxylic acids is 1. The molecule has 3 N–H and O–H groups in total. The lowest BCUT2D eigenvalue weighted by Crippen LogP contribution is -2.36. The van der Waals surface area contributed by atoms with Crippen molar-refractivity contribution in [3.05, 3.63) is 70.9 Å². The minimum absolute atomic E-state index is 0.0384. The lowest BCUT2D eigenvalue weighted by atomic mass is 9.78. The van der Waals surface area contributed by atoms with E-state index in [1.165, 1.54) is 0 Å². The number of aryl methyl sites for hydroxylation is 1. The van der Waals surface area contributed by atoms with E-state index in [1.807, 2.05) is 55.5 Å². The van der Waals surface area contributed by atoms with E-state index in [0.717, 1.165) is 46.1 Å². The van der Waals surface area contributed by atoms with Crippen LogP contribution in [0.2, 0.25) is 0 Å². The predicted molar refractivity (Wildman–Crippen MR) is 123 cm³/mol. The maximum atomic E-state index is 12.8. The highest BCUT2D eigenvalue weighted by atomic mass is 16.4. The number of carbonyl (C=O) groups excluding carboxylic acids is 1. The van der Waals surface area contributed by atoms with Crippen molar-refractivity contribution in [2.75, 3.05) is 5.32 Å². The summed E-state index contributed by atoms with van der Waals surface area (Å²) in [6.07, 6.45) is 3.52. The molecule has 0 bridgehead atoms. The van der Waals surface area contributed by atoms with Crippen LogP contribution in [0.15, 0.2) is 48.5 Å². The molecule has 2 aromatic carbocycles. The average molecular weight is 433 g/mol. The molecular formula is C26H28N2O4. The molecule has 1 aliphatic rings. The van der Waals surface area contributed by atoms with Crippen LogP contribution in [0, 0.1) is 18.8 Å². The standard InChI is InChI=1S/C26H28N2O4/c1-16-12-19(15-29)21-11-5-7-18(24(21)27-16)13-17-6-4-8-20(14-17)28-25(30)22-9-2-3-10-23(22)26(31)32/h4-8,11-12,14,22-23,29H,2-3,9-10,13,15H2,1H3,(H,28,30)(H,31,32)/t22-,23-/m1/s1. The van der Waals surface area contributed by atoms with Crippen molar-refractivity contribution >= 4 is 28.5 Å². The number of rotatable bonds is 6. The molecule has 0 aliphatic heterocycles. The van der Waals surface area contributed by atoms with Crippen molar-refractivity contribution in [3.8, 4) is 0 Å². The molecule has 32 heavy (non-hydrogen) atoms. The number of benzene rings is 2. The van der Waals surface area contributed by atoms with Crippen molar-refractivity contribution in [1.29, 1.82) is 0 Å². The van der Waals surface area contributed by atoms with Gasteiger partial charge in [0.25, 0.3) is 0 Å². The molecule has 4 rings (SSSR count). The van der Waals surface area contributed by atoms with Crippen LogP contribution in [0.25, 0.3) is 10.9 Å². The number of anilines is 1. The SMILES string of the molecule is Cc1cc(CO)c2cccc(Cc3cccc(NC(=O)[C@@H]4CCCC[C@H]4C(=O)O)c3)c2n1. The summed E-state index contributed by atoms with van der Waals surface area (Å²) in [6, 6.07) is 15.5. The van der Waals surface area contributed by atoms with Gasteiger partial charge in [0, 0.05) is 16.8 Å². The van der Waals surface area contributed by atoms with Gasteiger partial charge in [-0.2, -0.15) is 0 Å². The second-order valence-electron chi connectivity index (χ2n) is 8.60. The zero-order chi connectivity index (χ0) is 22.7. The Hall–Kier alpha value is -3.25. The van der Waals surface area contributed by atoms with E-state index in [1.54, 1.807) is 0 Å². The molecule has 0 saturated heterocycles. The molecule has 6 heteroatoms. The van der Waals surface area contributed by atoms with E-state index < -0.39 is 17.8 Å². The summed E-state index contributed by atoms with van der Waals surface area (Å²) in [5.41, 5.74) is 5.32. The van der Waals surface area contributed by atoms with Crippen LogP contribution in [0.1, 0.15) is 48.1 Å². The largest absolute Gasteiger partial charge is 0.481 e. The third-order valence-corrected chi connectivity index (χ3v) is 6.32. The van der Waals surface area contributed by atoms with Crippen LogP contribution in [-0.2, 0) is 22.6 Å². The number of nitrogens with one attached hydrogen (secondary N) is 1. The average Bonchev–Trinajstić information content (AvgIpc) is 2.79. The van der Waals surface area contributed by atoms with E-state index in [2.05, 4.69) is 5.32 Å². The Morgan fingerprint density at radius 1 is 1.03 bits per heavy atom. The number of aromatic nitrogens is 1. The summed E-state index contributed by atoms with van der Waals surface area (Å²) in [5, 5.41) is 23.1. The first-order chi connectivity index (χ1) is 15.5. The predicted octanol–water partition coefficient (Wildman–Crippen LogP) is 4.46. The number of fused-ring (bicyclic) bond motifs is 1. The van der Waals surface area contributed by atoms with Gasteiger partial charge in [0.05, 0.1) is 24.0 Å². The Morgan fingerprint density at radius 2 is 1.78 bits per heavy atom. The summed E-state index contributed by atoms with van der Waals surface area (Å²) >= 11 is 0. The molecule has 0 unspecified atom stereocenters. The van der Waals surface area contributed by atoms with Gasteiger partial charge in [-0.25, -0.2) is 0 Å². The second-order valence-corrected chi connectivity index (χ2v) is 8.60. The number of carboxylic acid groups (broad SMARTS) is 1. The number of aliphatic hydroxyl groups is 1. The number of nitrogens with zero attached hydrogens (tertiary/aromatic N) is 1. The maximum Gasteiger partial charge on any atom is 0.307 e. The normalized spacial score (nSPS) is 18.4. The summed E-state index contributed by atoms with van der Waals surface area (Å²) < 4.78 is 0. The molecule has 3 aromatic rings. The maximum absolute atomic E-state index is 12.8. The van der Waals surface area contributed by atoms with Crippen LogP contribution < -0.4 is 5.32 Å². The second kappa shape index (κ2) is 9.49. The first-order valence-electron chi connectivity index (χ1n) is 11.1. The molecule has 1 amide bonds. The molecule has 0 spiro atoms. The summed E-state index contributed by atoms with van der Waals surface area (Å²) in [5.74, 6) is -2.21. The highest BCUT2D eigenvalue weighted by Crippen LogP contribution is 2.31. The molecule has 1 aromatic heterocycles. The van der Waals surface area contributed by atoms with Gasteiger partial charge in [-0.1, -0.05) is 43.2 Å². The minimum Gasteiger partial charge on any atom is -0.481 e. The molecule has 1 aliphatic carbocycles. The minimum atomic E-state index is -0.889. The third kappa shape index (κ3) is 4.65. The van der Waals surface area contributed by atoms with Gasteiger partial charge < -0.3 is 15.5 Å². The van der Waals surface area contributed by atoms with Crippen molar-refractivity contribution in [3.63, 3.8) is 0 Å². The van der Waals surface area contributed by atoms with Crippen LogP contribution in [0.3, 0.4) is 0 Å². The Bertz CT molecular complexity index is 1160. The molecule has 6 nitrogen and oxygen atoms in total. The highest BCUT2D eigenvalue weighted by Gasteiger charge is 2.35. The fourth-order valence-electron chi connectivity index (χ4n) is 4.75.